The van der Waals surface area contributed by atoms with Gasteiger partial charge in [-0.25, -0.2) is 14.4 Å². The van der Waals surface area contributed by atoms with Crippen molar-refractivity contribution in [1.82, 2.24) is 0 Å². The molecule has 6 heteroatoms. The molecular formula is C28H26O6. The maximum atomic E-state index is 12.9. The zero-order valence-corrected chi connectivity index (χ0v) is 19.5. The van der Waals surface area contributed by atoms with Crippen molar-refractivity contribution in [3.63, 3.8) is 0 Å². The molecule has 0 atom stereocenters. The summed E-state index contributed by atoms with van der Waals surface area (Å²) in [4.78, 5) is 36.4. The van der Waals surface area contributed by atoms with Crippen molar-refractivity contribution >= 4 is 28.7 Å². The maximum absolute atomic E-state index is 12.9. The Morgan fingerprint density at radius 2 is 1.29 bits per heavy atom. The normalized spacial score (nSPS) is 10.4. The Bertz CT molecular complexity index is 1300. The topological polar surface area (TPSA) is 78.9 Å². The quantitative estimate of drug-likeness (QED) is 0.235. The number of fused-ring (bicyclic) bond motifs is 1. The Morgan fingerprint density at radius 3 is 1.91 bits per heavy atom. The summed E-state index contributed by atoms with van der Waals surface area (Å²) in [7, 11) is 0. The van der Waals surface area contributed by atoms with Crippen LogP contribution in [0.4, 0.5) is 0 Å². The van der Waals surface area contributed by atoms with Gasteiger partial charge in [0.2, 0.25) is 0 Å². The summed E-state index contributed by atoms with van der Waals surface area (Å²) in [5.74, 6) is -0.353. The molecule has 0 amide bonds. The molecule has 0 radical (unpaired) electrons. The van der Waals surface area contributed by atoms with E-state index in [4.69, 9.17) is 14.2 Å². The number of carbonyl (C=O) groups is 3. The van der Waals surface area contributed by atoms with Crippen LogP contribution in [-0.2, 0) is 16.0 Å². The predicted molar refractivity (Wildman–Crippen MR) is 130 cm³/mol. The van der Waals surface area contributed by atoms with Gasteiger partial charge in [-0.05, 0) is 79.1 Å². The van der Waals surface area contributed by atoms with Crippen LogP contribution in [-0.4, -0.2) is 17.9 Å². The van der Waals surface area contributed by atoms with E-state index in [1.165, 1.54) is 0 Å². The van der Waals surface area contributed by atoms with Crippen molar-refractivity contribution in [2.45, 2.75) is 33.6 Å². The highest BCUT2D eigenvalue weighted by molar-refractivity contribution is 5.97. The number of rotatable bonds is 8. The second-order valence-electron chi connectivity index (χ2n) is 7.97. The molecular weight excluding hydrogens is 432 g/mol. The van der Waals surface area contributed by atoms with Crippen LogP contribution in [0, 0.1) is 0 Å². The molecule has 6 nitrogen and oxygen atoms in total. The Hall–Kier alpha value is -4.19. The molecule has 0 aromatic heterocycles. The monoisotopic (exact) mass is 458 g/mol. The molecule has 0 aliphatic carbocycles. The third-order valence-electron chi connectivity index (χ3n) is 4.92. The number of ether oxygens (including phenoxy) is 3. The van der Waals surface area contributed by atoms with Gasteiger partial charge >= 0.3 is 17.9 Å². The molecule has 0 N–H and O–H groups in total. The van der Waals surface area contributed by atoms with Crippen molar-refractivity contribution in [2.24, 2.45) is 0 Å². The number of carbonyl (C=O) groups excluding carboxylic acids is 3. The lowest BCUT2D eigenvalue weighted by atomic mass is 10.1. The molecule has 0 saturated carbocycles. The molecule has 0 aliphatic heterocycles. The second kappa shape index (κ2) is 10.6. The van der Waals surface area contributed by atoms with E-state index in [1.54, 1.807) is 68.4 Å². The minimum atomic E-state index is -0.513. The fourth-order valence-corrected chi connectivity index (χ4v) is 3.14. The van der Waals surface area contributed by atoms with Gasteiger partial charge in [0.05, 0.1) is 5.56 Å². The SMILES string of the molecule is C=C(C)C(=O)Oc1ccc(OC(=O)c2ccc3cc(OC(=O)C(=C)C)ccc3c2)c(CCC)c1. The van der Waals surface area contributed by atoms with E-state index < -0.39 is 17.9 Å². The summed E-state index contributed by atoms with van der Waals surface area (Å²) < 4.78 is 16.2. The van der Waals surface area contributed by atoms with Crippen molar-refractivity contribution in [1.29, 1.82) is 0 Å². The number of aryl methyl sites for hydroxylation is 1. The van der Waals surface area contributed by atoms with Gasteiger partial charge in [-0.3, -0.25) is 0 Å². The summed E-state index contributed by atoms with van der Waals surface area (Å²) in [5, 5.41) is 1.60. The standard InChI is InChI=1S/C28H26O6/c1-6-7-21-16-24(33-27(30)18(4)5)12-13-25(21)34-28(31)22-9-8-20-15-23(11-10-19(20)14-22)32-26(29)17(2)3/h8-16H,2,4,6-7H2,1,3,5H3. The molecule has 34 heavy (non-hydrogen) atoms. The van der Waals surface area contributed by atoms with Gasteiger partial charge in [-0.15, -0.1) is 0 Å². The lowest BCUT2D eigenvalue weighted by molar-refractivity contribution is -0.130. The van der Waals surface area contributed by atoms with Crippen LogP contribution in [0.5, 0.6) is 17.2 Å². The second-order valence-corrected chi connectivity index (χ2v) is 7.97. The van der Waals surface area contributed by atoms with Crippen LogP contribution in [0.15, 0.2) is 78.9 Å². The average Bonchev–Trinajstić information content (AvgIpc) is 2.80. The molecule has 0 fully saturated rings. The van der Waals surface area contributed by atoms with Gasteiger partial charge < -0.3 is 14.2 Å². The highest BCUT2D eigenvalue weighted by Crippen LogP contribution is 2.28. The van der Waals surface area contributed by atoms with Gasteiger partial charge in [0, 0.05) is 11.1 Å². The predicted octanol–water partition coefficient (Wildman–Crippen LogP) is 5.97. The number of benzene rings is 3. The molecule has 0 unspecified atom stereocenters. The molecule has 0 heterocycles. The summed E-state index contributed by atoms with van der Waals surface area (Å²) >= 11 is 0. The van der Waals surface area contributed by atoms with Crippen molar-refractivity contribution in [3.8, 4) is 17.2 Å². The highest BCUT2D eigenvalue weighted by Gasteiger charge is 2.15. The minimum absolute atomic E-state index is 0.296. The average molecular weight is 459 g/mol. The third kappa shape index (κ3) is 5.98. The largest absolute Gasteiger partial charge is 0.423 e. The van der Waals surface area contributed by atoms with Crippen molar-refractivity contribution in [3.05, 3.63) is 90.0 Å². The first-order chi connectivity index (χ1) is 16.2. The number of hydrogen-bond acceptors (Lipinski definition) is 6. The zero-order valence-electron chi connectivity index (χ0n) is 19.5. The Kier molecular flexibility index (Phi) is 7.64. The lowest BCUT2D eigenvalue weighted by Gasteiger charge is -2.12. The fraction of sp³-hybridized carbons (Fsp3) is 0.179. The first-order valence-electron chi connectivity index (χ1n) is 10.8. The van der Waals surface area contributed by atoms with Crippen LogP contribution in [0.3, 0.4) is 0 Å². The zero-order chi connectivity index (χ0) is 24.8. The van der Waals surface area contributed by atoms with Crippen LogP contribution >= 0.6 is 0 Å². The molecule has 3 aromatic rings. The fourth-order valence-electron chi connectivity index (χ4n) is 3.14. The molecule has 3 aromatic carbocycles. The van der Waals surface area contributed by atoms with Gasteiger partial charge in [0.15, 0.2) is 0 Å². The Balaban J connectivity index is 1.80. The van der Waals surface area contributed by atoms with Gasteiger partial charge in [0.25, 0.3) is 0 Å². The van der Waals surface area contributed by atoms with Crippen LogP contribution in [0.25, 0.3) is 10.8 Å². The van der Waals surface area contributed by atoms with Crippen LogP contribution in [0.1, 0.15) is 43.1 Å². The Labute approximate surface area is 198 Å². The summed E-state index contributed by atoms with van der Waals surface area (Å²) in [5.41, 5.74) is 1.74. The molecule has 0 spiro atoms. The molecule has 3 rings (SSSR count). The maximum Gasteiger partial charge on any atom is 0.343 e. The van der Waals surface area contributed by atoms with E-state index in [-0.39, 0.29) is 0 Å². The van der Waals surface area contributed by atoms with E-state index >= 15 is 0 Å². The van der Waals surface area contributed by atoms with Gasteiger partial charge in [-0.1, -0.05) is 38.6 Å². The van der Waals surface area contributed by atoms with Crippen molar-refractivity contribution < 1.29 is 28.6 Å². The van der Waals surface area contributed by atoms with E-state index in [9.17, 15) is 14.4 Å². The van der Waals surface area contributed by atoms with E-state index in [2.05, 4.69) is 13.2 Å². The molecule has 0 bridgehead atoms. The van der Waals surface area contributed by atoms with Crippen molar-refractivity contribution in [2.75, 3.05) is 0 Å². The van der Waals surface area contributed by atoms with Crippen LogP contribution < -0.4 is 14.2 Å². The smallest absolute Gasteiger partial charge is 0.343 e. The summed E-state index contributed by atoms with van der Waals surface area (Å²) in [6, 6.07) is 15.2. The first-order valence-corrected chi connectivity index (χ1v) is 10.8. The van der Waals surface area contributed by atoms with E-state index in [0.29, 0.717) is 40.4 Å². The number of hydrogen-bond donors (Lipinski definition) is 0. The summed E-state index contributed by atoms with van der Waals surface area (Å²) in [6.07, 6.45) is 1.46. The number of esters is 3. The first kappa shape index (κ1) is 24.5. The molecule has 0 saturated heterocycles. The third-order valence-corrected chi connectivity index (χ3v) is 4.92. The van der Waals surface area contributed by atoms with Gasteiger partial charge in [0.1, 0.15) is 17.2 Å². The molecule has 0 aliphatic rings. The van der Waals surface area contributed by atoms with Gasteiger partial charge in [-0.2, -0.15) is 0 Å². The highest BCUT2D eigenvalue weighted by atomic mass is 16.5. The lowest BCUT2D eigenvalue weighted by Crippen LogP contribution is -2.11. The summed E-state index contributed by atoms with van der Waals surface area (Å²) in [6.45, 7) is 12.3. The van der Waals surface area contributed by atoms with E-state index in [0.717, 1.165) is 22.8 Å². The minimum Gasteiger partial charge on any atom is -0.423 e. The Morgan fingerprint density at radius 1 is 0.735 bits per heavy atom. The van der Waals surface area contributed by atoms with Crippen LogP contribution in [0.2, 0.25) is 0 Å². The van der Waals surface area contributed by atoms with E-state index in [1.807, 2.05) is 6.92 Å². The molecule has 174 valence electrons.